The fourth-order valence-corrected chi connectivity index (χ4v) is 4.72. The second kappa shape index (κ2) is 8.17. The van der Waals surface area contributed by atoms with Crippen LogP contribution in [0.1, 0.15) is 24.8 Å². The molecule has 0 radical (unpaired) electrons. The van der Waals surface area contributed by atoms with Crippen molar-refractivity contribution in [1.29, 1.82) is 0 Å². The van der Waals surface area contributed by atoms with E-state index in [1.54, 1.807) is 46.5 Å². The van der Waals surface area contributed by atoms with Gasteiger partial charge < -0.3 is 0 Å². The van der Waals surface area contributed by atoms with E-state index in [1.165, 1.54) is 4.90 Å². The Balaban J connectivity index is 1.72. The van der Waals surface area contributed by atoms with Gasteiger partial charge in [0.05, 0.1) is 10.6 Å². The van der Waals surface area contributed by atoms with Crippen molar-refractivity contribution in [2.45, 2.75) is 29.1 Å². The number of rotatable bonds is 5. The molecule has 2 aromatic rings. The zero-order valence-corrected chi connectivity index (χ0v) is 15.9. The summed E-state index contributed by atoms with van der Waals surface area (Å²) >= 11 is 1.70. The van der Waals surface area contributed by atoms with Crippen LogP contribution in [0.3, 0.4) is 0 Å². The molecule has 1 fully saturated rings. The number of piperidine rings is 1. The van der Waals surface area contributed by atoms with Gasteiger partial charge in [-0.2, -0.15) is 4.31 Å². The molecular formula is C19H22N2O2S2. The second-order valence-corrected chi connectivity index (χ2v) is 8.81. The molecule has 0 bridgehead atoms. The van der Waals surface area contributed by atoms with Crippen molar-refractivity contribution in [3.63, 3.8) is 0 Å². The molecule has 0 aliphatic carbocycles. The Morgan fingerprint density at radius 3 is 2.20 bits per heavy atom. The minimum absolute atomic E-state index is 0.345. The molecule has 0 saturated carbocycles. The molecule has 1 aliphatic rings. The molecule has 0 N–H and O–H groups in total. The average Bonchev–Trinajstić information content (AvgIpc) is 2.68. The van der Waals surface area contributed by atoms with Crippen molar-refractivity contribution in [3.8, 4) is 0 Å². The van der Waals surface area contributed by atoms with Gasteiger partial charge in [-0.1, -0.05) is 18.6 Å². The lowest BCUT2D eigenvalue weighted by atomic mass is 10.2. The number of nitrogens with zero attached hydrogens (tertiary/aromatic N) is 2. The summed E-state index contributed by atoms with van der Waals surface area (Å²) in [5.74, 6) is 0. The number of hydrogen-bond donors (Lipinski definition) is 0. The van der Waals surface area contributed by atoms with Gasteiger partial charge in [0.2, 0.25) is 10.0 Å². The lowest BCUT2D eigenvalue weighted by Crippen LogP contribution is -2.35. The predicted octanol–water partition coefficient (Wildman–Crippen LogP) is 4.33. The molecule has 1 heterocycles. The Morgan fingerprint density at radius 2 is 1.60 bits per heavy atom. The van der Waals surface area contributed by atoms with Crippen molar-refractivity contribution >= 4 is 33.7 Å². The molecule has 0 aromatic heterocycles. The summed E-state index contributed by atoms with van der Waals surface area (Å²) in [6.45, 7) is 1.24. The molecule has 132 valence electrons. The van der Waals surface area contributed by atoms with Crippen molar-refractivity contribution < 1.29 is 8.42 Å². The highest BCUT2D eigenvalue weighted by Gasteiger charge is 2.25. The third-order valence-corrected chi connectivity index (χ3v) is 6.92. The predicted molar refractivity (Wildman–Crippen MR) is 105 cm³/mol. The van der Waals surface area contributed by atoms with Crippen LogP contribution in [0.2, 0.25) is 0 Å². The monoisotopic (exact) mass is 374 g/mol. The van der Waals surface area contributed by atoms with Crippen LogP contribution in [-0.4, -0.2) is 38.3 Å². The maximum Gasteiger partial charge on any atom is 0.243 e. The highest BCUT2D eigenvalue weighted by Crippen LogP contribution is 2.23. The summed E-state index contributed by atoms with van der Waals surface area (Å²) in [5.41, 5.74) is 1.76. The first-order chi connectivity index (χ1) is 12.1. The number of sulfonamides is 1. The molecular weight excluding hydrogens is 352 g/mol. The van der Waals surface area contributed by atoms with E-state index in [0.717, 1.165) is 30.5 Å². The van der Waals surface area contributed by atoms with Gasteiger partial charge in [0.15, 0.2) is 0 Å². The van der Waals surface area contributed by atoms with Crippen molar-refractivity contribution in [2.24, 2.45) is 4.99 Å². The fourth-order valence-electron chi connectivity index (χ4n) is 2.80. The van der Waals surface area contributed by atoms with E-state index in [-0.39, 0.29) is 0 Å². The van der Waals surface area contributed by atoms with Gasteiger partial charge in [0.1, 0.15) is 0 Å². The van der Waals surface area contributed by atoms with Gasteiger partial charge in [-0.15, -0.1) is 11.8 Å². The van der Waals surface area contributed by atoms with Gasteiger partial charge in [0.25, 0.3) is 0 Å². The number of aliphatic imine (C=N–C) groups is 1. The van der Waals surface area contributed by atoms with E-state index >= 15 is 0 Å². The van der Waals surface area contributed by atoms with Crippen LogP contribution in [0.5, 0.6) is 0 Å². The Hall–Kier alpha value is -1.63. The molecule has 3 rings (SSSR count). The van der Waals surface area contributed by atoms with E-state index in [4.69, 9.17) is 0 Å². The maximum absolute atomic E-state index is 12.6. The quantitative estimate of drug-likeness (QED) is 0.578. The van der Waals surface area contributed by atoms with E-state index < -0.39 is 10.0 Å². The van der Waals surface area contributed by atoms with Crippen LogP contribution in [0.25, 0.3) is 0 Å². The minimum Gasteiger partial charge on any atom is -0.256 e. The summed E-state index contributed by atoms with van der Waals surface area (Å²) in [4.78, 5) is 5.98. The Kier molecular flexibility index (Phi) is 5.93. The molecule has 0 spiro atoms. The van der Waals surface area contributed by atoms with Crippen molar-refractivity contribution in [3.05, 3.63) is 54.1 Å². The molecule has 0 atom stereocenters. The molecule has 2 aromatic carbocycles. The third kappa shape index (κ3) is 4.51. The molecule has 0 amide bonds. The highest BCUT2D eigenvalue weighted by atomic mass is 32.2. The van der Waals surface area contributed by atoms with E-state index in [1.807, 2.05) is 18.4 Å². The molecule has 1 saturated heterocycles. The SMILES string of the molecule is CSc1ccc(C=Nc2ccc(S(=O)(=O)N3CCCCC3)cc2)cc1. The number of benzene rings is 2. The average molecular weight is 375 g/mol. The largest absolute Gasteiger partial charge is 0.256 e. The summed E-state index contributed by atoms with van der Waals surface area (Å²) in [5, 5.41) is 0. The van der Waals surface area contributed by atoms with Crippen LogP contribution >= 0.6 is 11.8 Å². The van der Waals surface area contributed by atoms with Gasteiger partial charge in [-0.3, -0.25) is 4.99 Å². The molecule has 25 heavy (non-hydrogen) atoms. The van der Waals surface area contributed by atoms with Crippen LogP contribution < -0.4 is 0 Å². The first-order valence-corrected chi connectivity index (χ1v) is 11.0. The zero-order valence-electron chi connectivity index (χ0n) is 14.3. The van der Waals surface area contributed by atoms with Gasteiger partial charge in [0, 0.05) is 24.2 Å². The number of thioether (sulfide) groups is 1. The Bertz CT molecular complexity index is 823. The Labute approximate surface area is 154 Å². The Morgan fingerprint density at radius 1 is 0.960 bits per heavy atom. The van der Waals surface area contributed by atoms with Crippen LogP contribution in [0, 0.1) is 0 Å². The molecule has 0 unspecified atom stereocenters. The summed E-state index contributed by atoms with van der Waals surface area (Å²) < 4.78 is 26.8. The highest BCUT2D eigenvalue weighted by molar-refractivity contribution is 7.98. The van der Waals surface area contributed by atoms with E-state index in [0.29, 0.717) is 18.0 Å². The van der Waals surface area contributed by atoms with Crippen molar-refractivity contribution in [1.82, 2.24) is 4.31 Å². The van der Waals surface area contributed by atoms with Crippen LogP contribution in [-0.2, 0) is 10.0 Å². The van der Waals surface area contributed by atoms with Crippen molar-refractivity contribution in [2.75, 3.05) is 19.3 Å². The molecule has 4 nitrogen and oxygen atoms in total. The van der Waals surface area contributed by atoms with E-state index in [2.05, 4.69) is 17.1 Å². The van der Waals surface area contributed by atoms with E-state index in [9.17, 15) is 8.42 Å². The minimum atomic E-state index is -3.37. The second-order valence-electron chi connectivity index (χ2n) is 5.99. The first-order valence-electron chi connectivity index (χ1n) is 8.38. The zero-order chi connectivity index (χ0) is 17.7. The normalized spacial score (nSPS) is 16.4. The van der Waals surface area contributed by atoms with Crippen LogP contribution in [0.4, 0.5) is 5.69 Å². The summed E-state index contributed by atoms with van der Waals surface area (Å²) in [6.07, 6.45) is 6.83. The third-order valence-electron chi connectivity index (χ3n) is 4.27. The topological polar surface area (TPSA) is 49.7 Å². The van der Waals surface area contributed by atoms with Gasteiger partial charge >= 0.3 is 0 Å². The van der Waals surface area contributed by atoms with Gasteiger partial charge in [-0.05, 0) is 61.1 Å². The maximum atomic E-state index is 12.6. The fraction of sp³-hybridized carbons (Fsp3) is 0.316. The molecule has 6 heteroatoms. The van der Waals surface area contributed by atoms with Gasteiger partial charge in [-0.25, -0.2) is 8.42 Å². The van der Waals surface area contributed by atoms with Crippen LogP contribution in [0.15, 0.2) is 63.3 Å². The number of hydrogen-bond acceptors (Lipinski definition) is 4. The summed E-state index contributed by atoms with van der Waals surface area (Å²) in [6, 6.07) is 14.9. The lowest BCUT2D eigenvalue weighted by molar-refractivity contribution is 0.346. The standard InChI is InChI=1S/C19H22N2O2S2/c1-24-18-9-5-16(6-10-18)15-20-17-7-11-19(12-8-17)25(22,23)21-13-3-2-4-14-21/h5-12,15H,2-4,13-14H2,1H3. The lowest BCUT2D eigenvalue weighted by Gasteiger charge is -2.25. The molecule has 1 aliphatic heterocycles. The smallest absolute Gasteiger partial charge is 0.243 e. The first kappa shape index (κ1) is 18.2. The summed E-state index contributed by atoms with van der Waals surface area (Å²) in [7, 11) is -3.37.